The molecule has 0 bridgehead atoms. The second-order valence-corrected chi connectivity index (χ2v) is 9.52. The monoisotopic (exact) mass is 624 g/mol. The highest BCUT2D eigenvalue weighted by Gasteiger charge is 2.61. The second kappa shape index (κ2) is 17.7. The number of hydrogen-bond acceptors (Lipinski definition) is 14. The van der Waals surface area contributed by atoms with Crippen LogP contribution in [0.1, 0.15) is 55.4 Å². The van der Waals surface area contributed by atoms with E-state index in [1.165, 1.54) is 65.8 Å². The summed E-state index contributed by atoms with van der Waals surface area (Å²) >= 11 is 0. The third-order valence-electron chi connectivity index (χ3n) is 6.59. The fourth-order valence-electron chi connectivity index (χ4n) is 3.92. The van der Waals surface area contributed by atoms with Crippen molar-refractivity contribution < 1.29 is 67.4 Å². The van der Waals surface area contributed by atoms with Gasteiger partial charge in [0.25, 0.3) is 0 Å². The van der Waals surface area contributed by atoms with Crippen LogP contribution in [0.3, 0.4) is 0 Å². The number of allylic oxidation sites excluding steroid dienone is 4. The highest BCUT2D eigenvalue weighted by Crippen LogP contribution is 2.36. The second-order valence-electron chi connectivity index (χ2n) is 9.52. The molecular formula is C30H40O14. The van der Waals surface area contributed by atoms with Crippen molar-refractivity contribution in [3.63, 3.8) is 0 Å². The Labute approximate surface area is 255 Å². The van der Waals surface area contributed by atoms with E-state index in [1.807, 2.05) is 0 Å². The van der Waals surface area contributed by atoms with Gasteiger partial charge in [0.2, 0.25) is 0 Å². The Balaban J connectivity index is 4.14. The lowest BCUT2D eigenvalue weighted by Gasteiger charge is -2.47. The summed E-state index contributed by atoms with van der Waals surface area (Å²) in [6.07, 6.45) is -5.71. The standard InChI is InChI=1S/C30H40O14/c1-9-15(5)27(35)41-23-21(39-17(7)33)22(40-18(8)34)24(42-28(36)16(6)10-2)26(44-30(38)20(12-4)14-32)25(23)43-29(37)19(11-3)13-31/h9-12,21-26,31-32H,13-14H2,1-8H3/b15-9+,16-10+,19-11+,20-12+/t21-,22-,23-,24-,25+,26+/m0/s1. The summed E-state index contributed by atoms with van der Waals surface area (Å²) < 4.78 is 33.4. The molecule has 0 aromatic rings. The quantitative estimate of drug-likeness (QED) is 0.179. The Morgan fingerprint density at radius 2 is 0.705 bits per heavy atom. The normalized spacial score (nSPS) is 24.5. The molecule has 44 heavy (non-hydrogen) atoms. The van der Waals surface area contributed by atoms with Gasteiger partial charge in [0.05, 0.1) is 24.4 Å². The fourth-order valence-corrected chi connectivity index (χ4v) is 3.92. The van der Waals surface area contributed by atoms with Crippen molar-refractivity contribution in [2.24, 2.45) is 0 Å². The number of carbonyl (C=O) groups is 6. The summed E-state index contributed by atoms with van der Waals surface area (Å²) in [4.78, 5) is 76.9. The van der Waals surface area contributed by atoms with Crippen LogP contribution >= 0.6 is 0 Å². The van der Waals surface area contributed by atoms with Gasteiger partial charge in [-0.15, -0.1) is 0 Å². The molecule has 14 heteroatoms. The van der Waals surface area contributed by atoms with Gasteiger partial charge in [0.1, 0.15) is 0 Å². The SMILES string of the molecule is C/C=C(\C)C(=O)O[C@H]1[C@@H](OC(C)=O)[C@H](OC(C)=O)[C@H](OC(=O)/C(C)=C/C)[C@@H](OC(=O)/C(=C/C)CO)[C@@H]1OC(=O)/C(=C/C)CO. The van der Waals surface area contributed by atoms with Crippen molar-refractivity contribution in [3.05, 3.63) is 46.6 Å². The number of rotatable bonds is 12. The molecule has 0 spiro atoms. The molecule has 6 atom stereocenters. The van der Waals surface area contributed by atoms with E-state index in [0.717, 1.165) is 13.8 Å². The summed E-state index contributed by atoms with van der Waals surface area (Å²) in [5, 5.41) is 19.4. The Hall–Kier alpha value is -4.30. The molecule has 0 aromatic carbocycles. The molecule has 0 aromatic heterocycles. The van der Waals surface area contributed by atoms with E-state index in [9.17, 15) is 39.0 Å². The number of esters is 6. The molecule has 0 heterocycles. The van der Waals surface area contributed by atoms with E-state index in [0.29, 0.717) is 0 Å². The number of ether oxygens (including phenoxy) is 6. The minimum Gasteiger partial charge on any atom is -0.454 e. The first-order valence-electron chi connectivity index (χ1n) is 13.7. The Morgan fingerprint density at radius 3 is 0.909 bits per heavy atom. The van der Waals surface area contributed by atoms with Gasteiger partial charge in [-0.2, -0.15) is 0 Å². The zero-order valence-corrected chi connectivity index (χ0v) is 26.0. The molecular weight excluding hydrogens is 584 g/mol. The summed E-state index contributed by atoms with van der Waals surface area (Å²) in [6, 6.07) is 0. The maximum absolute atomic E-state index is 13.1. The van der Waals surface area contributed by atoms with Crippen LogP contribution in [0.2, 0.25) is 0 Å². The number of aliphatic hydroxyl groups excluding tert-OH is 2. The van der Waals surface area contributed by atoms with Crippen molar-refractivity contribution in [2.45, 2.75) is 92.0 Å². The lowest BCUT2D eigenvalue weighted by atomic mass is 9.83. The largest absolute Gasteiger partial charge is 0.454 e. The van der Waals surface area contributed by atoms with Crippen LogP contribution in [0.4, 0.5) is 0 Å². The Morgan fingerprint density at radius 1 is 0.455 bits per heavy atom. The van der Waals surface area contributed by atoms with E-state index in [1.54, 1.807) is 0 Å². The molecule has 0 unspecified atom stereocenters. The maximum Gasteiger partial charge on any atom is 0.336 e. The van der Waals surface area contributed by atoms with Gasteiger partial charge in [-0.1, -0.05) is 24.3 Å². The van der Waals surface area contributed by atoms with Gasteiger partial charge >= 0.3 is 35.8 Å². The van der Waals surface area contributed by atoms with E-state index in [2.05, 4.69) is 0 Å². The van der Waals surface area contributed by atoms with Gasteiger partial charge in [0.15, 0.2) is 36.6 Å². The van der Waals surface area contributed by atoms with Crippen molar-refractivity contribution in [2.75, 3.05) is 13.2 Å². The van der Waals surface area contributed by atoms with Crippen molar-refractivity contribution in [1.82, 2.24) is 0 Å². The summed E-state index contributed by atoms with van der Waals surface area (Å²) in [5.74, 6) is -6.15. The Kier molecular flexibility index (Phi) is 15.2. The number of carbonyl (C=O) groups excluding carboxylic acids is 6. The van der Waals surface area contributed by atoms with Gasteiger partial charge in [-0.25, -0.2) is 19.2 Å². The minimum absolute atomic E-state index is 0.0764. The fraction of sp³-hybridized carbons (Fsp3) is 0.533. The van der Waals surface area contributed by atoms with Crippen molar-refractivity contribution in [3.8, 4) is 0 Å². The molecule has 244 valence electrons. The average molecular weight is 625 g/mol. The van der Waals surface area contributed by atoms with Gasteiger partial charge in [-0.05, 0) is 41.5 Å². The molecule has 0 radical (unpaired) electrons. The Bertz CT molecular complexity index is 1130. The first-order valence-corrected chi connectivity index (χ1v) is 13.7. The lowest BCUT2D eigenvalue weighted by Crippen LogP contribution is -2.69. The zero-order chi connectivity index (χ0) is 33.7. The summed E-state index contributed by atoms with van der Waals surface area (Å²) in [5.41, 5.74) is -0.350. The highest BCUT2D eigenvalue weighted by atomic mass is 16.7. The molecule has 1 rings (SSSR count). The lowest BCUT2D eigenvalue weighted by molar-refractivity contribution is -0.258. The van der Waals surface area contributed by atoms with E-state index in [-0.39, 0.29) is 22.3 Å². The van der Waals surface area contributed by atoms with Gasteiger partial charge < -0.3 is 38.6 Å². The topological polar surface area (TPSA) is 198 Å². The van der Waals surface area contributed by atoms with Crippen LogP contribution in [0.5, 0.6) is 0 Å². The third kappa shape index (κ3) is 9.88. The number of hydrogen-bond donors (Lipinski definition) is 2. The third-order valence-corrected chi connectivity index (χ3v) is 6.59. The molecule has 0 aliphatic heterocycles. The molecule has 1 aliphatic rings. The van der Waals surface area contributed by atoms with Crippen LogP contribution in [-0.4, -0.2) is 95.9 Å². The molecule has 1 saturated carbocycles. The molecule has 1 aliphatic carbocycles. The first-order chi connectivity index (χ1) is 20.7. The van der Waals surface area contributed by atoms with Crippen LogP contribution in [0, 0.1) is 0 Å². The maximum atomic E-state index is 13.1. The van der Waals surface area contributed by atoms with Crippen LogP contribution in [0.15, 0.2) is 46.6 Å². The summed E-state index contributed by atoms with van der Waals surface area (Å²) in [6.45, 7) is 9.21. The smallest absolute Gasteiger partial charge is 0.336 e. The highest BCUT2D eigenvalue weighted by molar-refractivity contribution is 5.91. The minimum atomic E-state index is -1.89. The predicted molar refractivity (Wildman–Crippen MR) is 151 cm³/mol. The molecule has 2 N–H and O–H groups in total. The average Bonchev–Trinajstić information content (AvgIpc) is 2.97. The van der Waals surface area contributed by atoms with Crippen LogP contribution in [0.25, 0.3) is 0 Å². The molecule has 1 fully saturated rings. The number of aliphatic hydroxyl groups is 2. The molecule has 0 amide bonds. The van der Waals surface area contributed by atoms with Gasteiger partial charge in [-0.3, -0.25) is 9.59 Å². The zero-order valence-electron chi connectivity index (χ0n) is 26.0. The van der Waals surface area contributed by atoms with E-state index in [4.69, 9.17) is 28.4 Å². The molecule has 14 nitrogen and oxygen atoms in total. The first kappa shape index (κ1) is 37.7. The van der Waals surface area contributed by atoms with Crippen LogP contribution < -0.4 is 0 Å². The summed E-state index contributed by atoms with van der Waals surface area (Å²) in [7, 11) is 0. The van der Waals surface area contributed by atoms with Crippen LogP contribution in [-0.2, 0) is 57.2 Å². The van der Waals surface area contributed by atoms with Crippen molar-refractivity contribution in [1.29, 1.82) is 0 Å². The van der Waals surface area contributed by atoms with E-state index < -0.39 is 85.7 Å². The molecule has 0 saturated heterocycles. The predicted octanol–water partition coefficient (Wildman–Crippen LogP) is 1.32. The van der Waals surface area contributed by atoms with E-state index >= 15 is 0 Å². The van der Waals surface area contributed by atoms with Gasteiger partial charge in [0, 0.05) is 25.0 Å². The van der Waals surface area contributed by atoms with Crippen molar-refractivity contribution >= 4 is 35.8 Å².